The molecule has 4 heterocycles. The molecule has 0 bridgehead atoms. The summed E-state index contributed by atoms with van der Waals surface area (Å²) in [6.07, 6.45) is 3.46. The van der Waals surface area contributed by atoms with Crippen LogP contribution in [0.4, 0.5) is 5.69 Å². The fourth-order valence-corrected chi connectivity index (χ4v) is 5.65. The highest BCUT2D eigenvalue weighted by molar-refractivity contribution is 6.01. The molecule has 2 aromatic carbocycles. The summed E-state index contributed by atoms with van der Waals surface area (Å²) in [6, 6.07) is 7.61. The Kier molecular flexibility index (Phi) is 5.88. The van der Waals surface area contributed by atoms with Crippen molar-refractivity contribution in [1.82, 2.24) is 28.5 Å². The molecule has 0 aliphatic carbocycles. The highest BCUT2D eigenvalue weighted by atomic mass is 16.5. The van der Waals surface area contributed by atoms with Crippen molar-refractivity contribution in [2.24, 2.45) is 21.1 Å². The highest BCUT2D eigenvalue weighted by Gasteiger charge is 2.28. The number of aryl methyl sites for hydroxylation is 3. The van der Waals surface area contributed by atoms with Gasteiger partial charge in [-0.25, -0.2) is 14.6 Å². The van der Waals surface area contributed by atoms with Crippen molar-refractivity contribution in [1.29, 1.82) is 0 Å². The van der Waals surface area contributed by atoms with E-state index < -0.39 is 5.97 Å². The van der Waals surface area contributed by atoms with E-state index in [1.807, 2.05) is 16.7 Å². The van der Waals surface area contributed by atoms with E-state index in [1.165, 1.54) is 0 Å². The van der Waals surface area contributed by atoms with E-state index in [4.69, 9.17) is 9.72 Å². The van der Waals surface area contributed by atoms with E-state index in [2.05, 4.69) is 36.8 Å². The van der Waals surface area contributed by atoms with Gasteiger partial charge < -0.3 is 14.7 Å². The van der Waals surface area contributed by atoms with Crippen molar-refractivity contribution in [3.8, 4) is 16.8 Å². The summed E-state index contributed by atoms with van der Waals surface area (Å²) < 4.78 is 12.6. The van der Waals surface area contributed by atoms with Crippen molar-refractivity contribution >= 4 is 33.7 Å². The van der Waals surface area contributed by atoms with Gasteiger partial charge in [0, 0.05) is 57.0 Å². The first-order valence-corrected chi connectivity index (χ1v) is 13.3. The minimum absolute atomic E-state index is 0.109. The van der Waals surface area contributed by atoms with Gasteiger partial charge in [-0.05, 0) is 24.3 Å². The minimum atomic E-state index is -1.03. The van der Waals surface area contributed by atoms with Gasteiger partial charge in [0.05, 0.1) is 58.4 Å². The third kappa shape index (κ3) is 4.00. The molecule has 6 rings (SSSR count). The van der Waals surface area contributed by atoms with Crippen LogP contribution in [0.2, 0.25) is 0 Å². The first-order valence-electron chi connectivity index (χ1n) is 13.3. The molecule has 40 heavy (non-hydrogen) atoms. The molecule has 0 radical (unpaired) electrons. The molecule has 3 aromatic heterocycles. The molecule has 0 saturated carbocycles. The predicted molar refractivity (Wildman–Crippen MR) is 154 cm³/mol. The van der Waals surface area contributed by atoms with E-state index >= 15 is 0 Å². The molecular weight excluding hydrogens is 510 g/mol. The summed E-state index contributed by atoms with van der Waals surface area (Å²) in [5.41, 5.74) is 5.73. The number of aromatic carboxylic acids is 1. The van der Waals surface area contributed by atoms with E-state index in [1.54, 1.807) is 53.4 Å². The number of imidazole rings is 2. The van der Waals surface area contributed by atoms with Gasteiger partial charge in [0.1, 0.15) is 5.82 Å². The summed E-state index contributed by atoms with van der Waals surface area (Å²) in [5, 5.41) is 14.5. The minimum Gasteiger partial charge on any atom is -0.478 e. The number of carboxylic acids is 1. The Labute approximate surface area is 230 Å². The van der Waals surface area contributed by atoms with E-state index in [0.29, 0.717) is 48.5 Å². The molecule has 0 unspecified atom stereocenters. The van der Waals surface area contributed by atoms with Gasteiger partial charge in [-0.1, -0.05) is 20.8 Å². The van der Waals surface area contributed by atoms with Crippen LogP contribution in [0, 0.1) is 0 Å². The van der Waals surface area contributed by atoms with Crippen LogP contribution in [-0.2, 0) is 31.3 Å². The Morgan fingerprint density at radius 2 is 1.73 bits per heavy atom. The summed E-state index contributed by atoms with van der Waals surface area (Å²) in [5.74, 6) is -0.240. The highest BCUT2D eigenvalue weighted by Crippen LogP contribution is 2.37. The lowest BCUT2D eigenvalue weighted by molar-refractivity contribution is 0.0698. The number of hydrogen-bond acceptors (Lipinski definition) is 6. The van der Waals surface area contributed by atoms with Crippen LogP contribution < -0.4 is 10.6 Å². The zero-order valence-corrected chi connectivity index (χ0v) is 23.6. The number of rotatable bonds is 4. The Hall–Kier alpha value is -4.38. The summed E-state index contributed by atoms with van der Waals surface area (Å²) in [6.45, 7) is 8.88. The van der Waals surface area contributed by atoms with Crippen molar-refractivity contribution in [2.45, 2.75) is 26.2 Å². The predicted octanol–water partition coefficient (Wildman–Crippen LogP) is 3.45. The van der Waals surface area contributed by atoms with Crippen molar-refractivity contribution < 1.29 is 14.6 Å². The lowest BCUT2D eigenvalue weighted by atomic mass is 9.95. The van der Waals surface area contributed by atoms with Gasteiger partial charge in [0.25, 0.3) is 0 Å². The summed E-state index contributed by atoms with van der Waals surface area (Å²) in [4.78, 5) is 32.8. The Morgan fingerprint density at radius 1 is 1.00 bits per heavy atom. The largest absolute Gasteiger partial charge is 0.478 e. The average Bonchev–Trinajstić information content (AvgIpc) is 3.59. The average molecular weight is 544 g/mol. The lowest BCUT2D eigenvalue weighted by Gasteiger charge is -2.30. The van der Waals surface area contributed by atoms with E-state index in [9.17, 15) is 14.7 Å². The zero-order valence-electron chi connectivity index (χ0n) is 23.6. The van der Waals surface area contributed by atoms with E-state index in [-0.39, 0.29) is 16.7 Å². The molecule has 1 fully saturated rings. The molecule has 0 atom stereocenters. The van der Waals surface area contributed by atoms with Crippen molar-refractivity contribution in [2.75, 3.05) is 31.2 Å². The maximum Gasteiger partial charge on any atom is 0.336 e. The summed E-state index contributed by atoms with van der Waals surface area (Å²) in [7, 11) is 5.37. The van der Waals surface area contributed by atoms with Crippen LogP contribution >= 0.6 is 0 Å². The number of benzene rings is 2. The molecule has 1 saturated heterocycles. The van der Waals surface area contributed by atoms with Gasteiger partial charge in [-0.15, -0.1) is 0 Å². The molecule has 1 aliphatic rings. The first kappa shape index (κ1) is 25.9. The number of carbonyl (C=O) groups is 1. The fourth-order valence-electron chi connectivity index (χ4n) is 5.65. The molecule has 208 valence electrons. The molecule has 1 aliphatic heterocycles. The Morgan fingerprint density at radius 3 is 2.35 bits per heavy atom. The van der Waals surface area contributed by atoms with Crippen LogP contribution in [0.3, 0.4) is 0 Å². The lowest BCUT2D eigenvalue weighted by Crippen LogP contribution is -2.36. The number of hydrogen-bond donors (Lipinski definition) is 1. The quantitative estimate of drug-likeness (QED) is 0.370. The van der Waals surface area contributed by atoms with Gasteiger partial charge in [0.15, 0.2) is 0 Å². The van der Waals surface area contributed by atoms with E-state index in [0.717, 1.165) is 28.2 Å². The van der Waals surface area contributed by atoms with Crippen LogP contribution in [0.1, 0.15) is 37.0 Å². The summed E-state index contributed by atoms with van der Waals surface area (Å²) >= 11 is 0. The van der Waals surface area contributed by atoms with Crippen molar-refractivity contribution in [3.05, 3.63) is 58.5 Å². The van der Waals surface area contributed by atoms with Crippen LogP contribution in [0.5, 0.6) is 0 Å². The fraction of sp³-hybridized carbons (Fsp3) is 0.379. The standard InChI is InChI=1S/C29H33N7O4/c1-29(2,3)27-31-21-13-19(17-15-30-32(4)16-17)20(26(37)38)14-22(21)36(27)18-11-23-25(34(6)28(39)33(23)5)24(12-18)35-7-9-40-10-8-35/h11-16H,7-10H2,1-6H3,(H,37,38). The van der Waals surface area contributed by atoms with Crippen molar-refractivity contribution in [3.63, 3.8) is 0 Å². The smallest absolute Gasteiger partial charge is 0.336 e. The molecule has 0 amide bonds. The van der Waals surface area contributed by atoms with Gasteiger partial charge in [0.2, 0.25) is 0 Å². The second kappa shape index (κ2) is 9.09. The molecular formula is C29H33N7O4. The molecule has 11 nitrogen and oxygen atoms in total. The third-order valence-corrected chi connectivity index (χ3v) is 7.65. The molecule has 11 heteroatoms. The number of fused-ring (bicyclic) bond motifs is 2. The SMILES string of the molecule is Cn1cc(-c2cc3nc(C(C)(C)C)n(-c4cc(N5CCOCC5)c5c(c4)n(C)c(=O)n5C)c3cc2C(=O)O)cn1. The van der Waals surface area contributed by atoms with Crippen LogP contribution in [-0.4, -0.2) is 65.8 Å². The van der Waals surface area contributed by atoms with Gasteiger partial charge in [-0.3, -0.25) is 18.4 Å². The maximum atomic E-state index is 13.0. The van der Waals surface area contributed by atoms with Crippen LogP contribution in [0.15, 0.2) is 41.5 Å². The number of anilines is 1. The number of nitrogens with zero attached hydrogens (tertiary/aromatic N) is 7. The number of aromatic nitrogens is 6. The zero-order chi connectivity index (χ0) is 28.5. The second-order valence-electron chi connectivity index (χ2n) is 11.4. The van der Waals surface area contributed by atoms with Gasteiger partial charge >= 0.3 is 11.7 Å². The molecule has 1 N–H and O–H groups in total. The second-order valence-corrected chi connectivity index (χ2v) is 11.4. The third-order valence-electron chi connectivity index (χ3n) is 7.65. The number of carboxylic acid groups (broad SMARTS) is 1. The normalized spacial score (nSPS) is 14.5. The number of ether oxygens (including phenoxy) is 1. The monoisotopic (exact) mass is 543 g/mol. The van der Waals surface area contributed by atoms with Gasteiger partial charge in [-0.2, -0.15) is 5.10 Å². The topological polar surface area (TPSA) is 112 Å². The maximum absolute atomic E-state index is 13.0. The Bertz CT molecular complexity index is 1860. The number of morpholine rings is 1. The Balaban J connectivity index is 1.70. The molecule has 5 aromatic rings. The molecule has 0 spiro atoms. The van der Waals surface area contributed by atoms with Crippen LogP contribution in [0.25, 0.3) is 38.9 Å². The first-order chi connectivity index (χ1) is 19.0.